The number of aliphatic carboxylic acids is 1. The number of aliphatic hydroxyl groups excluding tert-OH is 1. The van der Waals surface area contributed by atoms with E-state index in [2.05, 4.69) is 5.32 Å². The van der Waals surface area contributed by atoms with Gasteiger partial charge in [0.05, 0.1) is 6.10 Å². The van der Waals surface area contributed by atoms with Crippen molar-refractivity contribution in [3.05, 3.63) is 0 Å². The van der Waals surface area contributed by atoms with E-state index in [0.717, 1.165) is 12.8 Å². The Morgan fingerprint density at radius 2 is 2.00 bits per heavy atom. The van der Waals surface area contributed by atoms with Gasteiger partial charge < -0.3 is 20.4 Å². The molecule has 0 aromatic heterocycles. The Morgan fingerprint density at radius 1 is 1.35 bits per heavy atom. The Labute approximate surface area is 99.6 Å². The number of carbonyl (C=O) groups is 2. The van der Waals surface area contributed by atoms with Crippen molar-refractivity contribution in [3.63, 3.8) is 0 Å². The molecule has 2 unspecified atom stereocenters. The van der Waals surface area contributed by atoms with Crippen molar-refractivity contribution in [1.82, 2.24) is 10.2 Å². The Morgan fingerprint density at radius 3 is 2.41 bits per heavy atom. The number of likely N-dealkylation sites (tertiary alicyclic amines) is 1. The molecule has 1 aliphatic carbocycles. The van der Waals surface area contributed by atoms with Crippen LogP contribution in [0.1, 0.15) is 26.2 Å². The lowest BCUT2D eigenvalue weighted by molar-refractivity contribution is -0.144. The SMILES string of the molecule is CC(NC(=O)N1CCC(O)C1)(C(=O)O)C1CC1. The first-order chi connectivity index (χ1) is 7.93. The van der Waals surface area contributed by atoms with Crippen LogP contribution >= 0.6 is 0 Å². The number of rotatable bonds is 3. The second kappa shape index (κ2) is 4.18. The number of nitrogens with one attached hydrogen (secondary N) is 1. The molecule has 2 fully saturated rings. The molecule has 0 bridgehead atoms. The molecule has 2 aliphatic rings. The summed E-state index contributed by atoms with van der Waals surface area (Å²) in [5.74, 6) is -0.968. The van der Waals surface area contributed by atoms with E-state index in [0.29, 0.717) is 13.0 Å². The standard InChI is InChI=1S/C11H18N2O4/c1-11(9(15)16,7-2-3-7)12-10(17)13-5-4-8(14)6-13/h7-8,14H,2-6H2,1H3,(H,12,17)(H,15,16). The number of carbonyl (C=O) groups excluding carboxylic acids is 1. The topological polar surface area (TPSA) is 89.9 Å². The highest BCUT2D eigenvalue weighted by atomic mass is 16.4. The summed E-state index contributed by atoms with van der Waals surface area (Å²) in [7, 11) is 0. The third-order valence-electron chi connectivity index (χ3n) is 3.66. The molecule has 17 heavy (non-hydrogen) atoms. The number of urea groups is 1. The molecule has 0 radical (unpaired) electrons. The number of carboxylic acid groups (broad SMARTS) is 1. The second-order valence-corrected chi connectivity index (χ2v) is 5.10. The Bertz CT molecular complexity index is 342. The highest BCUT2D eigenvalue weighted by molar-refractivity contribution is 5.86. The average molecular weight is 242 g/mol. The molecular formula is C11H18N2O4. The van der Waals surface area contributed by atoms with Crippen molar-refractivity contribution in [2.24, 2.45) is 5.92 Å². The quantitative estimate of drug-likeness (QED) is 0.650. The third-order valence-corrected chi connectivity index (χ3v) is 3.66. The first kappa shape index (κ1) is 12.2. The summed E-state index contributed by atoms with van der Waals surface area (Å²) < 4.78 is 0. The predicted molar refractivity (Wildman–Crippen MR) is 59.5 cm³/mol. The third kappa shape index (κ3) is 2.36. The first-order valence-electron chi connectivity index (χ1n) is 5.92. The maximum atomic E-state index is 11.9. The van der Waals surface area contributed by atoms with Crippen LogP contribution in [0.15, 0.2) is 0 Å². The maximum absolute atomic E-state index is 11.9. The van der Waals surface area contributed by atoms with Gasteiger partial charge in [0.2, 0.25) is 0 Å². The van der Waals surface area contributed by atoms with E-state index >= 15 is 0 Å². The monoisotopic (exact) mass is 242 g/mol. The summed E-state index contributed by atoms with van der Waals surface area (Å²) in [6, 6.07) is -0.390. The molecule has 1 saturated heterocycles. The lowest BCUT2D eigenvalue weighted by Gasteiger charge is -2.29. The van der Waals surface area contributed by atoms with Crippen molar-refractivity contribution in [3.8, 4) is 0 Å². The van der Waals surface area contributed by atoms with Gasteiger partial charge >= 0.3 is 12.0 Å². The summed E-state index contributed by atoms with van der Waals surface area (Å²) in [6.07, 6.45) is 1.75. The Hall–Kier alpha value is -1.30. The lowest BCUT2D eigenvalue weighted by atomic mass is 9.96. The number of nitrogens with zero attached hydrogens (tertiary/aromatic N) is 1. The van der Waals surface area contributed by atoms with Crippen molar-refractivity contribution in [2.75, 3.05) is 13.1 Å². The van der Waals surface area contributed by atoms with Gasteiger partial charge in [0.25, 0.3) is 0 Å². The molecule has 6 nitrogen and oxygen atoms in total. The van der Waals surface area contributed by atoms with E-state index in [1.165, 1.54) is 4.90 Å². The maximum Gasteiger partial charge on any atom is 0.329 e. The summed E-state index contributed by atoms with van der Waals surface area (Å²) in [4.78, 5) is 24.6. The highest BCUT2D eigenvalue weighted by Crippen LogP contribution is 2.39. The second-order valence-electron chi connectivity index (χ2n) is 5.10. The van der Waals surface area contributed by atoms with Crippen LogP contribution in [-0.4, -0.2) is 51.8 Å². The van der Waals surface area contributed by atoms with Gasteiger partial charge in [-0.25, -0.2) is 9.59 Å². The van der Waals surface area contributed by atoms with Crippen LogP contribution in [0.3, 0.4) is 0 Å². The van der Waals surface area contributed by atoms with Gasteiger partial charge in [-0.15, -0.1) is 0 Å². The number of hydrogen-bond acceptors (Lipinski definition) is 3. The fourth-order valence-corrected chi connectivity index (χ4v) is 2.22. The molecule has 0 spiro atoms. The van der Waals surface area contributed by atoms with E-state index in [1.807, 2.05) is 0 Å². The molecule has 3 N–H and O–H groups in total. The molecule has 1 saturated carbocycles. The van der Waals surface area contributed by atoms with Crippen molar-refractivity contribution < 1.29 is 19.8 Å². The molecule has 6 heteroatoms. The normalized spacial score (nSPS) is 27.6. The zero-order valence-electron chi connectivity index (χ0n) is 9.85. The van der Waals surface area contributed by atoms with E-state index in [9.17, 15) is 19.8 Å². The van der Waals surface area contributed by atoms with Gasteiger partial charge in [-0.05, 0) is 32.1 Å². The Kier molecular flexibility index (Phi) is 2.99. The zero-order valence-corrected chi connectivity index (χ0v) is 9.85. The van der Waals surface area contributed by atoms with Crippen molar-refractivity contribution in [2.45, 2.75) is 37.8 Å². The molecular weight excluding hydrogens is 224 g/mol. The van der Waals surface area contributed by atoms with Crippen LogP contribution in [0.25, 0.3) is 0 Å². The van der Waals surface area contributed by atoms with Crippen LogP contribution in [-0.2, 0) is 4.79 Å². The first-order valence-corrected chi connectivity index (χ1v) is 5.92. The fourth-order valence-electron chi connectivity index (χ4n) is 2.22. The molecule has 2 amide bonds. The van der Waals surface area contributed by atoms with Crippen LogP contribution in [0.4, 0.5) is 4.79 Å². The van der Waals surface area contributed by atoms with Gasteiger partial charge in [-0.2, -0.15) is 0 Å². The zero-order chi connectivity index (χ0) is 12.6. The van der Waals surface area contributed by atoms with Gasteiger partial charge in [0.15, 0.2) is 0 Å². The van der Waals surface area contributed by atoms with Crippen LogP contribution in [0.2, 0.25) is 0 Å². The van der Waals surface area contributed by atoms with Gasteiger partial charge in [-0.1, -0.05) is 0 Å². The van der Waals surface area contributed by atoms with E-state index < -0.39 is 23.6 Å². The average Bonchev–Trinajstić information content (AvgIpc) is 3.01. The molecule has 1 heterocycles. The number of β-amino-alcohol motifs (C(OH)–C–C–N with tert-alkyl or cyclic N) is 1. The van der Waals surface area contributed by atoms with Crippen LogP contribution in [0, 0.1) is 5.92 Å². The smallest absolute Gasteiger partial charge is 0.329 e. The molecule has 0 aromatic carbocycles. The number of carboxylic acids is 1. The largest absolute Gasteiger partial charge is 0.480 e. The van der Waals surface area contributed by atoms with Gasteiger partial charge in [0.1, 0.15) is 5.54 Å². The Balaban J connectivity index is 1.98. The summed E-state index contributed by atoms with van der Waals surface area (Å²) in [6.45, 7) is 2.32. The number of hydrogen-bond donors (Lipinski definition) is 3. The molecule has 1 aliphatic heterocycles. The predicted octanol–water partition coefficient (Wildman–Crippen LogP) is 0.0159. The minimum atomic E-state index is -1.18. The molecule has 2 rings (SSSR count). The van der Waals surface area contributed by atoms with E-state index in [1.54, 1.807) is 6.92 Å². The minimum absolute atomic E-state index is 0.0245. The van der Waals surface area contributed by atoms with Crippen LogP contribution < -0.4 is 5.32 Å². The van der Waals surface area contributed by atoms with Crippen molar-refractivity contribution >= 4 is 12.0 Å². The number of aliphatic hydroxyl groups is 1. The highest BCUT2D eigenvalue weighted by Gasteiger charge is 2.49. The van der Waals surface area contributed by atoms with Gasteiger partial charge in [0, 0.05) is 13.1 Å². The molecule has 0 aromatic rings. The fraction of sp³-hybridized carbons (Fsp3) is 0.818. The lowest BCUT2D eigenvalue weighted by Crippen LogP contribution is -2.57. The van der Waals surface area contributed by atoms with Gasteiger partial charge in [-0.3, -0.25) is 0 Å². The van der Waals surface area contributed by atoms with Crippen LogP contribution in [0.5, 0.6) is 0 Å². The molecule has 2 atom stereocenters. The number of amides is 2. The van der Waals surface area contributed by atoms with E-state index in [4.69, 9.17) is 0 Å². The summed E-state index contributed by atoms with van der Waals surface area (Å²) in [5.41, 5.74) is -1.18. The minimum Gasteiger partial charge on any atom is -0.480 e. The van der Waals surface area contributed by atoms with Crippen molar-refractivity contribution in [1.29, 1.82) is 0 Å². The summed E-state index contributed by atoms with van der Waals surface area (Å²) in [5, 5.41) is 21.1. The van der Waals surface area contributed by atoms with E-state index in [-0.39, 0.29) is 12.5 Å². The molecule has 96 valence electrons. The summed E-state index contributed by atoms with van der Waals surface area (Å²) >= 11 is 0.